The van der Waals surface area contributed by atoms with Crippen LogP contribution in [-0.2, 0) is 4.79 Å². The molecule has 2 aliphatic heterocycles. The zero-order chi connectivity index (χ0) is 21.5. The lowest BCUT2D eigenvalue weighted by atomic mass is 10.1. The summed E-state index contributed by atoms with van der Waals surface area (Å²) in [5.41, 5.74) is 2.50. The van der Waals surface area contributed by atoms with Crippen molar-refractivity contribution in [3.8, 4) is 11.5 Å². The molecule has 0 aromatic heterocycles. The topological polar surface area (TPSA) is 67.9 Å². The van der Waals surface area contributed by atoms with Crippen molar-refractivity contribution < 1.29 is 19.1 Å². The lowest BCUT2D eigenvalue weighted by molar-refractivity contribution is -0.116. The summed E-state index contributed by atoms with van der Waals surface area (Å²) in [6, 6.07) is 13.2. The van der Waals surface area contributed by atoms with Crippen molar-refractivity contribution >= 4 is 23.1 Å². The second-order valence-corrected chi connectivity index (χ2v) is 8.13. The lowest BCUT2D eigenvalue weighted by Crippen LogP contribution is -2.23. The highest BCUT2D eigenvalue weighted by atomic mass is 16.5. The number of ether oxygens (including phenoxy) is 2. The highest BCUT2D eigenvalue weighted by Crippen LogP contribution is 2.31. The first-order valence-electron chi connectivity index (χ1n) is 11.3. The van der Waals surface area contributed by atoms with E-state index in [0.29, 0.717) is 30.3 Å². The zero-order valence-corrected chi connectivity index (χ0v) is 17.9. The van der Waals surface area contributed by atoms with Crippen molar-refractivity contribution in [2.24, 2.45) is 0 Å². The molecule has 1 amide bonds. The number of fused-ring (bicyclic) bond motifs is 1. The summed E-state index contributed by atoms with van der Waals surface area (Å²) in [4.78, 5) is 27.3. The van der Waals surface area contributed by atoms with Crippen molar-refractivity contribution in [1.82, 2.24) is 0 Å². The van der Waals surface area contributed by atoms with Crippen LogP contribution in [0.5, 0.6) is 11.5 Å². The van der Waals surface area contributed by atoms with E-state index in [4.69, 9.17) is 9.47 Å². The Morgan fingerprint density at radius 1 is 0.806 bits per heavy atom. The number of carbonyl (C=O) groups is 2. The number of ketones is 1. The van der Waals surface area contributed by atoms with Crippen molar-refractivity contribution in [1.29, 1.82) is 0 Å². The molecule has 0 unspecified atom stereocenters. The van der Waals surface area contributed by atoms with Crippen molar-refractivity contribution in [2.45, 2.75) is 44.9 Å². The molecule has 1 saturated heterocycles. The van der Waals surface area contributed by atoms with Crippen LogP contribution in [0.2, 0.25) is 0 Å². The van der Waals surface area contributed by atoms with Crippen LogP contribution in [-0.4, -0.2) is 38.0 Å². The van der Waals surface area contributed by atoms with Crippen LogP contribution in [0, 0.1) is 0 Å². The van der Waals surface area contributed by atoms with Gasteiger partial charge in [-0.25, -0.2) is 0 Å². The maximum Gasteiger partial charge on any atom is 0.224 e. The molecule has 2 aromatic rings. The summed E-state index contributed by atoms with van der Waals surface area (Å²) in [6.07, 6.45) is 6.17. The monoisotopic (exact) mass is 422 g/mol. The van der Waals surface area contributed by atoms with Gasteiger partial charge in [-0.3, -0.25) is 9.59 Å². The van der Waals surface area contributed by atoms with Gasteiger partial charge in [0.05, 0.1) is 13.2 Å². The Morgan fingerprint density at radius 3 is 2.26 bits per heavy atom. The van der Waals surface area contributed by atoms with Gasteiger partial charge in [-0.15, -0.1) is 0 Å². The quantitative estimate of drug-likeness (QED) is 0.676. The average Bonchev–Trinajstić information content (AvgIpc) is 3.20. The summed E-state index contributed by atoms with van der Waals surface area (Å²) in [7, 11) is 0. The molecule has 0 saturated carbocycles. The Balaban J connectivity index is 1.28. The minimum Gasteiger partial charge on any atom is -0.490 e. The summed E-state index contributed by atoms with van der Waals surface area (Å²) in [5.74, 6) is 1.01. The standard InChI is InChI=1S/C25H30N2O4/c28-22(19-6-12-23-24(18-19)31-17-5-16-30-23)11-13-25(29)26-20-7-9-21(10-8-20)27-14-3-1-2-4-15-27/h6-10,12,18H,1-5,11,13-17H2,(H,26,29). The first-order valence-corrected chi connectivity index (χ1v) is 11.3. The molecule has 1 fully saturated rings. The maximum absolute atomic E-state index is 12.5. The van der Waals surface area contributed by atoms with Crippen LogP contribution >= 0.6 is 0 Å². The van der Waals surface area contributed by atoms with Gasteiger partial charge >= 0.3 is 0 Å². The Kier molecular flexibility index (Phi) is 7.07. The predicted molar refractivity (Wildman–Crippen MR) is 121 cm³/mol. The third-order valence-corrected chi connectivity index (χ3v) is 5.77. The highest BCUT2D eigenvalue weighted by molar-refractivity contribution is 6.00. The van der Waals surface area contributed by atoms with Crippen LogP contribution < -0.4 is 19.7 Å². The van der Waals surface area contributed by atoms with Crippen LogP contribution in [0.3, 0.4) is 0 Å². The highest BCUT2D eigenvalue weighted by Gasteiger charge is 2.15. The van der Waals surface area contributed by atoms with Gasteiger partial charge in [0.1, 0.15) is 0 Å². The minimum absolute atomic E-state index is 0.0812. The third kappa shape index (κ3) is 5.78. The molecule has 0 bridgehead atoms. The van der Waals surface area contributed by atoms with Crippen LogP contribution in [0.4, 0.5) is 11.4 Å². The maximum atomic E-state index is 12.5. The van der Waals surface area contributed by atoms with Gasteiger partial charge in [0, 0.05) is 49.3 Å². The van der Waals surface area contributed by atoms with Gasteiger partial charge in [-0.1, -0.05) is 12.8 Å². The predicted octanol–water partition coefficient (Wildman–Crippen LogP) is 4.83. The van der Waals surface area contributed by atoms with E-state index in [1.807, 2.05) is 12.1 Å². The molecule has 6 nitrogen and oxygen atoms in total. The van der Waals surface area contributed by atoms with E-state index >= 15 is 0 Å². The molecular formula is C25H30N2O4. The number of nitrogens with zero attached hydrogens (tertiary/aromatic N) is 1. The average molecular weight is 423 g/mol. The Bertz CT molecular complexity index is 902. The van der Waals surface area contributed by atoms with E-state index in [0.717, 1.165) is 25.2 Å². The molecule has 0 atom stereocenters. The van der Waals surface area contributed by atoms with Gasteiger partial charge in [-0.05, 0) is 55.3 Å². The molecule has 164 valence electrons. The number of Topliss-reactive ketones (excluding diaryl/α,β-unsaturated/α-hetero) is 1. The largest absolute Gasteiger partial charge is 0.490 e. The smallest absolute Gasteiger partial charge is 0.224 e. The SMILES string of the molecule is O=C(CCC(=O)c1ccc2c(c1)OCCCO2)Nc1ccc(N2CCCCCC2)cc1. The fourth-order valence-corrected chi connectivity index (χ4v) is 4.02. The molecule has 2 aliphatic rings. The van der Waals surface area contributed by atoms with E-state index in [2.05, 4.69) is 22.3 Å². The number of nitrogens with one attached hydrogen (secondary N) is 1. The molecular weight excluding hydrogens is 392 g/mol. The number of amides is 1. The normalized spacial score (nSPS) is 16.2. The van der Waals surface area contributed by atoms with E-state index in [-0.39, 0.29) is 24.5 Å². The van der Waals surface area contributed by atoms with Crippen LogP contribution in [0.1, 0.15) is 55.3 Å². The number of benzene rings is 2. The number of carbonyl (C=O) groups excluding carboxylic acids is 2. The van der Waals surface area contributed by atoms with Gasteiger partial charge in [0.2, 0.25) is 5.91 Å². The fraction of sp³-hybridized carbons (Fsp3) is 0.440. The number of hydrogen-bond acceptors (Lipinski definition) is 5. The summed E-state index contributed by atoms with van der Waals surface area (Å²) >= 11 is 0. The van der Waals surface area contributed by atoms with Gasteiger partial charge < -0.3 is 19.7 Å². The second kappa shape index (κ2) is 10.3. The van der Waals surface area contributed by atoms with Gasteiger partial charge in [-0.2, -0.15) is 0 Å². The summed E-state index contributed by atoms with van der Waals surface area (Å²) in [5, 5.41) is 2.90. The van der Waals surface area contributed by atoms with Crippen molar-refractivity contribution in [3.05, 3.63) is 48.0 Å². The number of anilines is 2. The molecule has 4 rings (SSSR count). The molecule has 0 spiro atoms. The summed E-state index contributed by atoms with van der Waals surface area (Å²) in [6.45, 7) is 3.37. The first kappa shape index (κ1) is 21.2. The Morgan fingerprint density at radius 2 is 1.52 bits per heavy atom. The Labute approximate surface area is 183 Å². The first-order chi connectivity index (χ1) is 15.2. The van der Waals surface area contributed by atoms with E-state index in [9.17, 15) is 9.59 Å². The van der Waals surface area contributed by atoms with Crippen molar-refractivity contribution in [2.75, 3.05) is 36.5 Å². The minimum atomic E-state index is -0.162. The Hall–Kier alpha value is -3.02. The molecule has 31 heavy (non-hydrogen) atoms. The molecule has 2 aromatic carbocycles. The van der Waals surface area contributed by atoms with Crippen molar-refractivity contribution in [3.63, 3.8) is 0 Å². The van der Waals surface area contributed by atoms with E-state index in [1.54, 1.807) is 18.2 Å². The molecule has 0 aliphatic carbocycles. The molecule has 6 heteroatoms. The lowest BCUT2D eigenvalue weighted by Gasteiger charge is -2.22. The number of rotatable bonds is 6. The van der Waals surface area contributed by atoms with E-state index < -0.39 is 0 Å². The third-order valence-electron chi connectivity index (χ3n) is 5.77. The van der Waals surface area contributed by atoms with Crippen LogP contribution in [0.25, 0.3) is 0 Å². The van der Waals surface area contributed by atoms with E-state index in [1.165, 1.54) is 31.4 Å². The molecule has 1 N–H and O–H groups in total. The molecule has 2 heterocycles. The van der Waals surface area contributed by atoms with Crippen LogP contribution in [0.15, 0.2) is 42.5 Å². The fourth-order valence-electron chi connectivity index (χ4n) is 4.02. The zero-order valence-electron chi connectivity index (χ0n) is 17.9. The second-order valence-electron chi connectivity index (χ2n) is 8.13. The van der Waals surface area contributed by atoms with Gasteiger partial charge in [0.25, 0.3) is 0 Å². The number of hydrogen-bond donors (Lipinski definition) is 1. The summed E-state index contributed by atoms with van der Waals surface area (Å²) < 4.78 is 11.2. The van der Waals surface area contributed by atoms with Gasteiger partial charge in [0.15, 0.2) is 17.3 Å². The molecule has 0 radical (unpaired) electrons.